The normalized spacial score (nSPS) is 11.4. The molecule has 0 bridgehead atoms. The first-order valence-corrected chi connectivity index (χ1v) is 9.53. The second kappa shape index (κ2) is 8.21. The van der Waals surface area contributed by atoms with E-state index in [4.69, 9.17) is 9.40 Å². The third-order valence-corrected chi connectivity index (χ3v) is 4.96. The maximum absolute atomic E-state index is 13.7. The van der Waals surface area contributed by atoms with Crippen molar-refractivity contribution in [2.24, 2.45) is 0 Å². The van der Waals surface area contributed by atoms with Crippen molar-refractivity contribution in [3.05, 3.63) is 65.6 Å². The van der Waals surface area contributed by atoms with Crippen LogP contribution in [0.3, 0.4) is 0 Å². The molecular formula is C23H23FIrN3O-. The van der Waals surface area contributed by atoms with Crippen molar-refractivity contribution < 1.29 is 28.9 Å². The van der Waals surface area contributed by atoms with Crippen LogP contribution in [0.5, 0.6) is 0 Å². The second-order valence-corrected chi connectivity index (χ2v) is 7.70. The summed E-state index contributed by atoms with van der Waals surface area (Å²) in [5.41, 5.74) is 5.92. The number of fused-ring (bicyclic) bond motifs is 1. The first-order valence-electron chi connectivity index (χ1n) is 9.53. The Morgan fingerprint density at radius 2 is 1.69 bits per heavy atom. The van der Waals surface area contributed by atoms with Gasteiger partial charge in [0.15, 0.2) is 0 Å². The predicted molar refractivity (Wildman–Crippen MR) is 108 cm³/mol. The zero-order valence-electron chi connectivity index (χ0n) is 17.1. The van der Waals surface area contributed by atoms with E-state index in [1.165, 1.54) is 11.1 Å². The molecule has 2 heterocycles. The molecule has 0 amide bonds. The van der Waals surface area contributed by atoms with E-state index in [-0.39, 0.29) is 20.1 Å². The Balaban J connectivity index is 0.00000240. The zero-order chi connectivity index (χ0) is 20.0. The van der Waals surface area contributed by atoms with Gasteiger partial charge in [-0.2, -0.15) is 0 Å². The molecule has 29 heavy (non-hydrogen) atoms. The fourth-order valence-electron chi connectivity index (χ4n) is 3.67. The van der Waals surface area contributed by atoms with E-state index in [2.05, 4.69) is 61.5 Å². The molecule has 0 unspecified atom stereocenters. The monoisotopic (exact) mass is 569 g/mol. The van der Waals surface area contributed by atoms with Gasteiger partial charge in [-0.1, -0.05) is 57.5 Å². The molecule has 4 aromatic rings. The second-order valence-electron chi connectivity index (χ2n) is 7.70. The van der Waals surface area contributed by atoms with Gasteiger partial charge in [0, 0.05) is 43.2 Å². The SMILES string of the molecule is Cc1cn(-c2c(C(C)C)cccc2C(C)C)c(-c2[c-]ccc3oc(F)nc23)n1.[Ir]. The standard InChI is InChI=1S/C23H23FN3O.Ir/c1-13(2)16-8-6-9-17(14(3)4)21(16)27-12-15(5)25-22(27)18-10-7-11-19-20(18)26-23(24)28-19;/h6-9,11-14H,1-5H3;/q-1;. The molecule has 1 radical (unpaired) electrons. The topological polar surface area (TPSA) is 43.9 Å². The van der Waals surface area contributed by atoms with Gasteiger partial charge in [-0.25, -0.2) is 4.98 Å². The van der Waals surface area contributed by atoms with Crippen molar-refractivity contribution >= 4 is 11.1 Å². The number of para-hydroxylation sites is 1. The number of hydrogen-bond donors (Lipinski definition) is 0. The van der Waals surface area contributed by atoms with Crippen LogP contribution < -0.4 is 0 Å². The average molecular weight is 569 g/mol. The number of imidazole rings is 1. The number of aryl methyl sites for hydroxylation is 1. The number of benzene rings is 2. The van der Waals surface area contributed by atoms with Crippen molar-refractivity contribution in [1.82, 2.24) is 14.5 Å². The van der Waals surface area contributed by atoms with Crippen LogP contribution in [0, 0.1) is 19.1 Å². The van der Waals surface area contributed by atoms with Gasteiger partial charge in [-0.15, -0.1) is 16.5 Å². The molecule has 0 saturated heterocycles. The Morgan fingerprint density at radius 1 is 1.03 bits per heavy atom. The number of rotatable bonds is 4. The minimum Gasteiger partial charge on any atom is -0.436 e. The molecule has 2 aromatic carbocycles. The molecule has 0 spiro atoms. The number of hydrogen-bond acceptors (Lipinski definition) is 3. The number of nitrogens with zero attached hydrogens (tertiary/aromatic N) is 3. The largest absolute Gasteiger partial charge is 0.436 e. The van der Waals surface area contributed by atoms with Crippen molar-refractivity contribution in [2.45, 2.75) is 46.5 Å². The summed E-state index contributed by atoms with van der Waals surface area (Å²) < 4.78 is 20.8. The van der Waals surface area contributed by atoms with E-state index < -0.39 is 6.14 Å². The van der Waals surface area contributed by atoms with Crippen LogP contribution in [-0.4, -0.2) is 14.5 Å². The van der Waals surface area contributed by atoms with Crippen LogP contribution >= 0.6 is 0 Å². The minimum atomic E-state index is -0.851. The number of halogens is 1. The Hall–Kier alpha value is -2.30. The van der Waals surface area contributed by atoms with Gasteiger partial charge < -0.3 is 8.98 Å². The van der Waals surface area contributed by atoms with Gasteiger partial charge in [0.1, 0.15) is 0 Å². The van der Waals surface area contributed by atoms with E-state index in [1.807, 2.05) is 13.1 Å². The van der Waals surface area contributed by atoms with E-state index in [1.54, 1.807) is 12.1 Å². The molecular weight excluding hydrogens is 545 g/mol. The first-order chi connectivity index (χ1) is 13.4. The van der Waals surface area contributed by atoms with Crippen LogP contribution in [-0.2, 0) is 20.1 Å². The fraction of sp³-hybridized carbons (Fsp3) is 0.304. The summed E-state index contributed by atoms with van der Waals surface area (Å²) >= 11 is 0. The van der Waals surface area contributed by atoms with Crippen LogP contribution in [0.1, 0.15) is 56.4 Å². The predicted octanol–water partition coefficient (Wildman–Crippen LogP) is 6.17. The zero-order valence-corrected chi connectivity index (χ0v) is 19.5. The third kappa shape index (κ3) is 3.79. The first kappa shape index (κ1) is 21.4. The molecule has 4 rings (SSSR count). The summed E-state index contributed by atoms with van der Waals surface area (Å²) in [7, 11) is 0. The molecule has 0 aliphatic carbocycles. The average Bonchev–Trinajstić information content (AvgIpc) is 3.22. The molecule has 6 heteroatoms. The molecule has 0 atom stereocenters. The summed E-state index contributed by atoms with van der Waals surface area (Å²) in [5, 5.41) is 0. The Kier molecular flexibility index (Phi) is 6.06. The minimum absolute atomic E-state index is 0. The molecule has 0 aliphatic heterocycles. The molecule has 153 valence electrons. The van der Waals surface area contributed by atoms with E-state index >= 15 is 0 Å². The van der Waals surface area contributed by atoms with Gasteiger partial charge >= 0.3 is 6.14 Å². The number of aromatic nitrogens is 3. The fourth-order valence-corrected chi connectivity index (χ4v) is 3.67. The van der Waals surface area contributed by atoms with Crippen LogP contribution in [0.4, 0.5) is 4.39 Å². The van der Waals surface area contributed by atoms with Crippen molar-refractivity contribution in [3.8, 4) is 17.1 Å². The Morgan fingerprint density at radius 3 is 2.31 bits per heavy atom. The summed E-state index contributed by atoms with van der Waals surface area (Å²) in [4.78, 5) is 8.68. The van der Waals surface area contributed by atoms with E-state index in [0.29, 0.717) is 34.3 Å². The van der Waals surface area contributed by atoms with Crippen LogP contribution in [0.25, 0.3) is 28.2 Å². The summed E-state index contributed by atoms with van der Waals surface area (Å²) in [6, 6.07) is 13.0. The van der Waals surface area contributed by atoms with Gasteiger partial charge in [-0.05, 0) is 29.9 Å². The molecule has 2 aromatic heterocycles. The summed E-state index contributed by atoms with van der Waals surface area (Å²) in [6.45, 7) is 10.7. The van der Waals surface area contributed by atoms with E-state index in [9.17, 15) is 4.39 Å². The summed E-state index contributed by atoms with van der Waals surface area (Å²) in [5.74, 6) is 1.37. The van der Waals surface area contributed by atoms with Crippen molar-refractivity contribution in [1.29, 1.82) is 0 Å². The maximum atomic E-state index is 13.7. The molecule has 0 N–H and O–H groups in total. The van der Waals surface area contributed by atoms with Crippen molar-refractivity contribution in [2.75, 3.05) is 0 Å². The molecule has 0 aliphatic rings. The van der Waals surface area contributed by atoms with Gasteiger partial charge in [-0.3, -0.25) is 4.98 Å². The summed E-state index contributed by atoms with van der Waals surface area (Å²) in [6.07, 6.45) is 1.17. The number of oxazole rings is 1. The van der Waals surface area contributed by atoms with Crippen LogP contribution in [0.15, 0.2) is 40.9 Å². The third-order valence-electron chi connectivity index (χ3n) is 4.96. The Bertz CT molecular complexity index is 1130. The van der Waals surface area contributed by atoms with Gasteiger partial charge in [0.05, 0.1) is 11.4 Å². The van der Waals surface area contributed by atoms with E-state index in [0.717, 1.165) is 11.4 Å². The smallest absolute Gasteiger partial charge is 0.371 e. The molecule has 0 saturated carbocycles. The molecule has 0 fully saturated rings. The van der Waals surface area contributed by atoms with Crippen molar-refractivity contribution in [3.63, 3.8) is 0 Å². The van der Waals surface area contributed by atoms with Gasteiger partial charge in [0.2, 0.25) is 0 Å². The van der Waals surface area contributed by atoms with Gasteiger partial charge in [0.25, 0.3) is 0 Å². The molecule has 4 nitrogen and oxygen atoms in total. The maximum Gasteiger partial charge on any atom is 0.371 e. The van der Waals surface area contributed by atoms with Crippen LogP contribution in [0.2, 0.25) is 0 Å². The Labute approximate surface area is 183 Å². The quantitative estimate of drug-likeness (QED) is 0.277.